The molecular weight excluding hydrogens is 352 g/mol. The predicted molar refractivity (Wildman–Crippen MR) is 102 cm³/mol. The van der Waals surface area contributed by atoms with Gasteiger partial charge in [-0.15, -0.1) is 21.5 Å². The summed E-state index contributed by atoms with van der Waals surface area (Å²) in [6, 6.07) is 8.29. The van der Waals surface area contributed by atoms with Gasteiger partial charge in [0.25, 0.3) is 0 Å². The summed E-state index contributed by atoms with van der Waals surface area (Å²) in [7, 11) is 0. The summed E-state index contributed by atoms with van der Waals surface area (Å²) in [4.78, 5) is 6.18. The highest BCUT2D eigenvalue weighted by Crippen LogP contribution is 2.23. The number of thiazole rings is 1. The molecule has 0 aliphatic carbocycles. The summed E-state index contributed by atoms with van der Waals surface area (Å²) in [5.74, 6) is 0.643. The Morgan fingerprint density at radius 2 is 2.04 bits per heavy atom. The second kappa shape index (κ2) is 6.73. The van der Waals surface area contributed by atoms with E-state index in [0.717, 1.165) is 22.1 Å². The Labute approximate surface area is 153 Å². The average molecular weight is 368 g/mol. The van der Waals surface area contributed by atoms with Gasteiger partial charge in [0.15, 0.2) is 5.13 Å². The van der Waals surface area contributed by atoms with Gasteiger partial charge in [-0.1, -0.05) is 6.07 Å². The van der Waals surface area contributed by atoms with E-state index in [1.165, 1.54) is 11.1 Å². The van der Waals surface area contributed by atoms with Crippen molar-refractivity contribution in [1.29, 1.82) is 0 Å². The fourth-order valence-electron chi connectivity index (χ4n) is 2.34. The Balaban J connectivity index is 1.45. The molecule has 8 heteroatoms. The molecule has 0 atom stereocenters. The molecule has 0 spiro atoms. The van der Waals surface area contributed by atoms with E-state index in [2.05, 4.69) is 57.8 Å². The zero-order valence-corrected chi connectivity index (χ0v) is 15.4. The molecule has 4 rings (SSSR count). The quantitative estimate of drug-likeness (QED) is 0.570. The maximum absolute atomic E-state index is 4.61. The number of benzene rings is 1. The van der Waals surface area contributed by atoms with Gasteiger partial charge >= 0.3 is 0 Å². The van der Waals surface area contributed by atoms with E-state index in [1.807, 2.05) is 22.2 Å². The first-order valence-electron chi connectivity index (χ1n) is 7.76. The van der Waals surface area contributed by atoms with E-state index >= 15 is 0 Å². The molecule has 1 aromatic carbocycles. The molecule has 1 N–H and O–H groups in total. The van der Waals surface area contributed by atoms with Gasteiger partial charge in [0.2, 0.25) is 5.82 Å². The monoisotopic (exact) mass is 368 g/mol. The van der Waals surface area contributed by atoms with E-state index in [-0.39, 0.29) is 0 Å². The van der Waals surface area contributed by atoms with Crippen molar-refractivity contribution >= 4 is 33.5 Å². The minimum atomic E-state index is 0.502. The molecular formula is C17H16N6S2. The molecule has 0 fully saturated rings. The van der Waals surface area contributed by atoms with Crippen LogP contribution in [0.25, 0.3) is 11.4 Å². The molecule has 3 heterocycles. The van der Waals surface area contributed by atoms with Crippen molar-refractivity contribution in [3.8, 4) is 11.4 Å². The first-order chi connectivity index (χ1) is 12.2. The zero-order chi connectivity index (χ0) is 17.2. The van der Waals surface area contributed by atoms with Crippen molar-refractivity contribution in [3.63, 3.8) is 0 Å². The molecule has 0 bridgehead atoms. The number of anilines is 2. The van der Waals surface area contributed by atoms with Gasteiger partial charge in [0, 0.05) is 22.0 Å². The van der Waals surface area contributed by atoms with Gasteiger partial charge in [-0.05, 0) is 53.8 Å². The number of nitrogens with one attached hydrogen (secondary N) is 1. The number of aryl methyl sites for hydroxylation is 2. The highest BCUT2D eigenvalue weighted by molar-refractivity contribution is 7.13. The summed E-state index contributed by atoms with van der Waals surface area (Å²) < 4.78 is 0. The highest BCUT2D eigenvalue weighted by Gasteiger charge is 2.09. The Morgan fingerprint density at radius 1 is 1.12 bits per heavy atom. The van der Waals surface area contributed by atoms with Crippen molar-refractivity contribution in [2.24, 2.45) is 0 Å². The Morgan fingerprint density at radius 3 is 2.84 bits per heavy atom. The molecule has 4 aromatic rings. The van der Waals surface area contributed by atoms with E-state index in [1.54, 1.807) is 27.5 Å². The standard InChI is InChI=1S/C17H16N6S2/c1-11-3-4-14(7-12(11)2)18-17-19-15(10-25-17)8-23-21-16(20-22-23)13-5-6-24-9-13/h3-7,9-10H,8H2,1-2H3,(H,18,19). The first kappa shape index (κ1) is 15.9. The van der Waals surface area contributed by atoms with E-state index in [4.69, 9.17) is 0 Å². The number of tetrazole rings is 1. The lowest BCUT2D eigenvalue weighted by atomic mass is 10.1. The van der Waals surface area contributed by atoms with Crippen molar-refractivity contribution in [3.05, 3.63) is 57.2 Å². The second-order valence-corrected chi connectivity index (χ2v) is 7.36. The molecule has 0 aliphatic heterocycles. The maximum atomic E-state index is 4.61. The van der Waals surface area contributed by atoms with Crippen molar-refractivity contribution in [1.82, 2.24) is 25.2 Å². The summed E-state index contributed by atoms with van der Waals surface area (Å²) in [6.45, 7) is 4.72. The third-order valence-electron chi connectivity index (χ3n) is 3.85. The fourth-order valence-corrected chi connectivity index (χ4v) is 3.70. The molecule has 0 aliphatic rings. The van der Waals surface area contributed by atoms with Gasteiger partial charge in [0.05, 0.1) is 5.69 Å². The minimum Gasteiger partial charge on any atom is -0.332 e. The molecule has 0 radical (unpaired) electrons. The van der Waals surface area contributed by atoms with Crippen LogP contribution in [0.5, 0.6) is 0 Å². The van der Waals surface area contributed by atoms with Crippen LogP contribution in [-0.4, -0.2) is 25.2 Å². The summed E-state index contributed by atoms with van der Waals surface area (Å²) in [5.41, 5.74) is 5.48. The molecule has 0 saturated heterocycles. The van der Waals surface area contributed by atoms with Crippen molar-refractivity contribution < 1.29 is 0 Å². The first-order valence-corrected chi connectivity index (χ1v) is 9.59. The predicted octanol–water partition coefficient (Wildman–Crippen LogP) is 4.27. The van der Waals surface area contributed by atoms with Gasteiger partial charge in [0.1, 0.15) is 6.54 Å². The Hall–Kier alpha value is -2.58. The zero-order valence-electron chi connectivity index (χ0n) is 13.8. The smallest absolute Gasteiger partial charge is 0.205 e. The largest absolute Gasteiger partial charge is 0.332 e. The SMILES string of the molecule is Cc1ccc(Nc2nc(Cn3nnc(-c4ccsc4)n3)cs2)cc1C. The molecule has 0 saturated carbocycles. The number of hydrogen-bond acceptors (Lipinski definition) is 7. The van der Waals surface area contributed by atoms with Crippen LogP contribution in [0.15, 0.2) is 40.4 Å². The number of aromatic nitrogens is 5. The van der Waals surface area contributed by atoms with Crippen LogP contribution >= 0.6 is 22.7 Å². The Kier molecular flexibility index (Phi) is 4.29. The highest BCUT2D eigenvalue weighted by atomic mass is 32.1. The third kappa shape index (κ3) is 3.59. The molecule has 126 valence electrons. The Bertz CT molecular complexity index is 986. The second-order valence-electron chi connectivity index (χ2n) is 5.72. The van der Waals surface area contributed by atoms with Crippen LogP contribution in [0.3, 0.4) is 0 Å². The molecule has 0 unspecified atom stereocenters. The normalized spacial score (nSPS) is 11.0. The van der Waals surface area contributed by atoms with E-state index < -0.39 is 0 Å². The van der Waals surface area contributed by atoms with Crippen LogP contribution < -0.4 is 5.32 Å². The van der Waals surface area contributed by atoms with Crippen LogP contribution in [0.2, 0.25) is 0 Å². The van der Waals surface area contributed by atoms with Crippen LogP contribution in [0.4, 0.5) is 10.8 Å². The number of thiophene rings is 1. The molecule has 0 amide bonds. The number of hydrogen-bond donors (Lipinski definition) is 1. The molecule has 6 nitrogen and oxygen atoms in total. The summed E-state index contributed by atoms with van der Waals surface area (Å²) in [6.07, 6.45) is 0. The van der Waals surface area contributed by atoms with Crippen molar-refractivity contribution in [2.45, 2.75) is 20.4 Å². The summed E-state index contributed by atoms with van der Waals surface area (Å²) in [5, 5.41) is 22.8. The lowest BCUT2D eigenvalue weighted by Gasteiger charge is -2.05. The topological polar surface area (TPSA) is 68.5 Å². The maximum Gasteiger partial charge on any atom is 0.205 e. The number of rotatable bonds is 5. The van der Waals surface area contributed by atoms with Crippen LogP contribution in [0, 0.1) is 13.8 Å². The third-order valence-corrected chi connectivity index (χ3v) is 5.34. The lowest BCUT2D eigenvalue weighted by molar-refractivity contribution is 0.566. The van der Waals surface area contributed by atoms with E-state index in [9.17, 15) is 0 Å². The lowest BCUT2D eigenvalue weighted by Crippen LogP contribution is -2.04. The van der Waals surface area contributed by atoms with Gasteiger partial charge in [-0.25, -0.2) is 4.98 Å². The average Bonchev–Trinajstić information content (AvgIpc) is 3.33. The minimum absolute atomic E-state index is 0.502. The summed E-state index contributed by atoms with van der Waals surface area (Å²) >= 11 is 3.19. The van der Waals surface area contributed by atoms with Crippen molar-refractivity contribution in [2.75, 3.05) is 5.32 Å². The molecule has 3 aromatic heterocycles. The van der Waals surface area contributed by atoms with Gasteiger partial charge in [-0.2, -0.15) is 16.1 Å². The van der Waals surface area contributed by atoms with Crippen LogP contribution in [-0.2, 0) is 6.54 Å². The fraction of sp³-hybridized carbons (Fsp3) is 0.176. The molecule has 25 heavy (non-hydrogen) atoms. The van der Waals surface area contributed by atoms with E-state index in [0.29, 0.717) is 12.4 Å². The van der Waals surface area contributed by atoms with Gasteiger partial charge in [-0.3, -0.25) is 0 Å². The number of nitrogens with zero attached hydrogens (tertiary/aromatic N) is 5. The van der Waals surface area contributed by atoms with Crippen LogP contribution in [0.1, 0.15) is 16.8 Å². The van der Waals surface area contributed by atoms with Gasteiger partial charge < -0.3 is 5.32 Å².